The number of aromatic amines is 1. The smallest absolute Gasteiger partial charge is 0.276 e. The van der Waals surface area contributed by atoms with E-state index in [1.54, 1.807) is 17.0 Å². The third kappa shape index (κ3) is 1.14. The summed E-state index contributed by atoms with van der Waals surface area (Å²) >= 11 is 0. The molecule has 0 aliphatic carbocycles. The molecule has 13 heavy (non-hydrogen) atoms. The van der Waals surface area contributed by atoms with E-state index in [1.807, 2.05) is 0 Å². The van der Waals surface area contributed by atoms with Crippen LogP contribution in [0.3, 0.4) is 0 Å². The van der Waals surface area contributed by atoms with E-state index < -0.39 is 0 Å². The standard InChI is InChI=1S/C8H8N4O/c1-2-3-12-5-11-7-6(12)8(13)10-4-9-7/h2,4-5H,1,3H2,(H,9,10,13). The highest BCUT2D eigenvalue weighted by Crippen LogP contribution is 2.02. The van der Waals surface area contributed by atoms with Gasteiger partial charge in [0.2, 0.25) is 0 Å². The summed E-state index contributed by atoms with van der Waals surface area (Å²) in [5.41, 5.74) is 0.775. The number of rotatable bonds is 2. The molecule has 2 aromatic rings. The van der Waals surface area contributed by atoms with Gasteiger partial charge in [-0.05, 0) is 0 Å². The van der Waals surface area contributed by atoms with Gasteiger partial charge in [0.1, 0.15) is 0 Å². The van der Waals surface area contributed by atoms with Crippen LogP contribution >= 0.6 is 0 Å². The van der Waals surface area contributed by atoms with Gasteiger partial charge in [0.05, 0.1) is 12.7 Å². The summed E-state index contributed by atoms with van der Waals surface area (Å²) < 4.78 is 1.70. The molecule has 5 nitrogen and oxygen atoms in total. The first-order chi connectivity index (χ1) is 6.33. The Bertz CT molecular complexity index is 496. The molecule has 2 heterocycles. The number of H-pyrrole nitrogens is 1. The fourth-order valence-electron chi connectivity index (χ4n) is 1.20. The van der Waals surface area contributed by atoms with E-state index in [-0.39, 0.29) is 5.56 Å². The first-order valence-corrected chi connectivity index (χ1v) is 3.82. The highest BCUT2D eigenvalue weighted by Gasteiger charge is 2.05. The zero-order valence-corrected chi connectivity index (χ0v) is 6.90. The van der Waals surface area contributed by atoms with Crippen molar-refractivity contribution < 1.29 is 0 Å². The summed E-state index contributed by atoms with van der Waals surface area (Å²) in [6.45, 7) is 4.15. The summed E-state index contributed by atoms with van der Waals surface area (Å²) in [5.74, 6) is 0. The van der Waals surface area contributed by atoms with Gasteiger partial charge < -0.3 is 9.55 Å². The van der Waals surface area contributed by atoms with Crippen LogP contribution in [0.15, 0.2) is 30.1 Å². The fraction of sp³-hybridized carbons (Fsp3) is 0.125. The van der Waals surface area contributed by atoms with Crippen molar-refractivity contribution in [3.63, 3.8) is 0 Å². The highest BCUT2D eigenvalue weighted by atomic mass is 16.1. The van der Waals surface area contributed by atoms with Crippen molar-refractivity contribution in [3.05, 3.63) is 35.7 Å². The van der Waals surface area contributed by atoms with Crippen LogP contribution in [0.5, 0.6) is 0 Å². The molecule has 0 aliphatic heterocycles. The van der Waals surface area contributed by atoms with Gasteiger partial charge in [0.15, 0.2) is 11.2 Å². The van der Waals surface area contributed by atoms with Gasteiger partial charge in [-0.2, -0.15) is 0 Å². The average molecular weight is 176 g/mol. The number of fused-ring (bicyclic) bond motifs is 1. The molecule has 0 saturated carbocycles. The van der Waals surface area contributed by atoms with Gasteiger partial charge in [0.25, 0.3) is 5.56 Å². The van der Waals surface area contributed by atoms with Crippen molar-refractivity contribution in [1.29, 1.82) is 0 Å². The highest BCUT2D eigenvalue weighted by molar-refractivity contribution is 5.68. The molecule has 0 radical (unpaired) electrons. The molecule has 0 amide bonds. The lowest BCUT2D eigenvalue weighted by atomic mass is 10.5. The maximum Gasteiger partial charge on any atom is 0.276 e. The lowest BCUT2D eigenvalue weighted by molar-refractivity contribution is 0.845. The topological polar surface area (TPSA) is 63.6 Å². The van der Waals surface area contributed by atoms with Crippen LogP contribution in [0.2, 0.25) is 0 Å². The van der Waals surface area contributed by atoms with Crippen LogP contribution in [0.4, 0.5) is 0 Å². The second-order valence-electron chi connectivity index (χ2n) is 2.59. The minimum Gasteiger partial charge on any atom is -0.321 e. The van der Waals surface area contributed by atoms with Crippen LogP contribution < -0.4 is 5.56 Å². The zero-order chi connectivity index (χ0) is 9.26. The molecule has 2 aromatic heterocycles. The molecule has 0 unspecified atom stereocenters. The number of hydrogen-bond acceptors (Lipinski definition) is 3. The van der Waals surface area contributed by atoms with Crippen LogP contribution in [0.1, 0.15) is 0 Å². The van der Waals surface area contributed by atoms with E-state index in [2.05, 4.69) is 21.5 Å². The number of hydrogen-bond donors (Lipinski definition) is 1. The molecule has 2 rings (SSSR count). The molecule has 0 saturated heterocycles. The Labute approximate surface area is 73.8 Å². The number of nitrogens with one attached hydrogen (secondary N) is 1. The average Bonchev–Trinajstić information content (AvgIpc) is 2.51. The van der Waals surface area contributed by atoms with E-state index in [4.69, 9.17) is 0 Å². The van der Waals surface area contributed by atoms with Crippen molar-refractivity contribution >= 4 is 11.2 Å². The fourth-order valence-corrected chi connectivity index (χ4v) is 1.20. The lowest BCUT2D eigenvalue weighted by Gasteiger charge is -1.95. The normalized spacial score (nSPS) is 10.5. The molecule has 66 valence electrons. The van der Waals surface area contributed by atoms with Crippen molar-refractivity contribution in [2.75, 3.05) is 0 Å². The molecule has 0 spiro atoms. The molecule has 1 N–H and O–H groups in total. The molecule has 0 atom stereocenters. The van der Waals surface area contributed by atoms with Gasteiger partial charge >= 0.3 is 0 Å². The monoisotopic (exact) mass is 176 g/mol. The Balaban J connectivity index is 2.78. The largest absolute Gasteiger partial charge is 0.321 e. The molecule has 5 heteroatoms. The second kappa shape index (κ2) is 2.85. The third-order valence-electron chi connectivity index (χ3n) is 1.74. The van der Waals surface area contributed by atoms with Crippen molar-refractivity contribution in [3.8, 4) is 0 Å². The number of nitrogens with zero attached hydrogens (tertiary/aromatic N) is 3. The summed E-state index contributed by atoms with van der Waals surface area (Å²) in [7, 11) is 0. The Morgan fingerprint density at radius 2 is 2.46 bits per heavy atom. The van der Waals surface area contributed by atoms with Crippen LogP contribution in [-0.2, 0) is 6.54 Å². The summed E-state index contributed by atoms with van der Waals surface area (Å²) in [6, 6.07) is 0. The first kappa shape index (κ1) is 7.72. The van der Waals surface area contributed by atoms with Crippen molar-refractivity contribution in [2.24, 2.45) is 0 Å². The minimum absolute atomic E-state index is 0.177. The van der Waals surface area contributed by atoms with Crippen molar-refractivity contribution in [1.82, 2.24) is 19.5 Å². The molecule has 0 aromatic carbocycles. The second-order valence-corrected chi connectivity index (χ2v) is 2.59. The van der Waals surface area contributed by atoms with E-state index in [0.717, 1.165) is 0 Å². The summed E-state index contributed by atoms with van der Waals surface area (Å²) in [5, 5.41) is 0. The third-order valence-corrected chi connectivity index (χ3v) is 1.74. The quantitative estimate of drug-likeness (QED) is 0.669. The zero-order valence-electron chi connectivity index (χ0n) is 6.90. The van der Waals surface area contributed by atoms with E-state index in [9.17, 15) is 4.79 Å². The lowest BCUT2D eigenvalue weighted by Crippen LogP contribution is -2.10. The van der Waals surface area contributed by atoms with E-state index in [0.29, 0.717) is 17.7 Å². The van der Waals surface area contributed by atoms with Gasteiger partial charge in [-0.25, -0.2) is 9.97 Å². The molecular formula is C8H8N4O. The van der Waals surface area contributed by atoms with E-state index >= 15 is 0 Å². The maximum absolute atomic E-state index is 11.3. The predicted octanol–water partition coefficient (Wildman–Crippen LogP) is 0.306. The Kier molecular flexibility index (Phi) is 1.70. The SMILES string of the molecule is C=CCn1cnc2nc[nH]c(=O)c21. The van der Waals surface area contributed by atoms with Crippen LogP contribution in [0, 0.1) is 0 Å². The molecule has 0 aliphatic rings. The van der Waals surface area contributed by atoms with Gasteiger partial charge in [0, 0.05) is 6.54 Å². The van der Waals surface area contributed by atoms with Crippen LogP contribution in [-0.4, -0.2) is 19.5 Å². The summed E-state index contributed by atoms with van der Waals surface area (Å²) in [6.07, 6.45) is 4.62. The van der Waals surface area contributed by atoms with E-state index in [1.165, 1.54) is 6.33 Å². The van der Waals surface area contributed by atoms with Gasteiger partial charge in [-0.1, -0.05) is 6.08 Å². The number of allylic oxidation sites excluding steroid dienone is 1. The van der Waals surface area contributed by atoms with Gasteiger partial charge in [-0.3, -0.25) is 4.79 Å². The summed E-state index contributed by atoms with van der Waals surface area (Å²) in [4.78, 5) is 21.7. The minimum atomic E-state index is -0.177. The Morgan fingerprint density at radius 1 is 1.62 bits per heavy atom. The Hall–Kier alpha value is -1.91. The molecular weight excluding hydrogens is 168 g/mol. The van der Waals surface area contributed by atoms with Crippen LogP contribution in [0.25, 0.3) is 11.2 Å². The van der Waals surface area contributed by atoms with Gasteiger partial charge in [-0.15, -0.1) is 6.58 Å². The maximum atomic E-state index is 11.3. The first-order valence-electron chi connectivity index (χ1n) is 3.82. The predicted molar refractivity (Wildman–Crippen MR) is 48.3 cm³/mol. The molecule has 0 bridgehead atoms. The number of imidazole rings is 1. The Morgan fingerprint density at radius 3 is 3.23 bits per heavy atom. The van der Waals surface area contributed by atoms with Crippen molar-refractivity contribution in [2.45, 2.75) is 6.54 Å². The number of aromatic nitrogens is 4. The molecule has 0 fully saturated rings.